The molecule has 1 aromatic carbocycles. The van der Waals surface area contributed by atoms with Crippen molar-refractivity contribution in [2.24, 2.45) is 5.92 Å². The topological polar surface area (TPSA) is 15.3 Å². The predicted molar refractivity (Wildman–Crippen MR) is 88.6 cm³/mol. The van der Waals surface area contributed by atoms with Gasteiger partial charge in [-0.15, -0.1) is 0 Å². The zero-order valence-corrected chi connectivity index (χ0v) is 13.9. The molecule has 0 aliphatic heterocycles. The van der Waals surface area contributed by atoms with Gasteiger partial charge in [-0.1, -0.05) is 31.5 Å². The minimum atomic E-state index is 0.495. The number of benzene rings is 1. The molecule has 0 radical (unpaired) electrons. The van der Waals surface area contributed by atoms with Crippen LogP contribution in [0.2, 0.25) is 5.02 Å². The highest BCUT2D eigenvalue weighted by Gasteiger charge is 2.26. The van der Waals surface area contributed by atoms with Gasteiger partial charge >= 0.3 is 0 Å². The lowest BCUT2D eigenvalue weighted by Crippen LogP contribution is -2.34. The van der Waals surface area contributed by atoms with Gasteiger partial charge in [0.05, 0.1) is 0 Å². The smallest absolute Gasteiger partial charge is 0.0429 e. The molecule has 1 fully saturated rings. The quantitative estimate of drug-likeness (QED) is 0.798. The van der Waals surface area contributed by atoms with E-state index >= 15 is 0 Å². The van der Waals surface area contributed by atoms with Gasteiger partial charge < -0.3 is 10.2 Å². The van der Waals surface area contributed by atoms with Crippen LogP contribution in [0.3, 0.4) is 0 Å². The molecule has 1 saturated carbocycles. The summed E-state index contributed by atoms with van der Waals surface area (Å²) in [5, 5.41) is 4.34. The molecule has 0 amide bonds. The molecular formula is C17H27ClN2. The van der Waals surface area contributed by atoms with Crippen LogP contribution in [-0.2, 0) is 6.54 Å². The third kappa shape index (κ3) is 4.39. The Morgan fingerprint density at radius 1 is 1.25 bits per heavy atom. The fraction of sp³-hybridized carbons (Fsp3) is 0.647. The van der Waals surface area contributed by atoms with Gasteiger partial charge in [-0.05, 0) is 50.3 Å². The van der Waals surface area contributed by atoms with E-state index in [0.717, 1.165) is 24.0 Å². The van der Waals surface area contributed by atoms with Crippen LogP contribution in [0.1, 0.15) is 46.1 Å². The van der Waals surface area contributed by atoms with Gasteiger partial charge in [0.15, 0.2) is 0 Å². The maximum absolute atomic E-state index is 6.23. The molecule has 0 spiro atoms. The van der Waals surface area contributed by atoms with E-state index in [-0.39, 0.29) is 0 Å². The Labute approximate surface area is 128 Å². The molecule has 0 aromatic heterocycles. The van der Waals surface area contributed by atoms with E-state index < -0.39 is 0 Å². The number of halogens is 1. The van der Waals surface area contributed by atoms with Crippen LogP contribution < -0.4 is 10.2 Å². The van der Waals surface area contributed by atoms with Crippen molar-refractivity contribution in [1.29, 1.82) is 0 Å². The molecular weight excluding hydrogens is 268 g/mol. The van der Waals surface area contributed by atoms with Gasteiger partial charge in [-0.2, -0.15) is 0 Å². The second-order valence-electron chi connectivity index (χ2n) is 6.50. The summed E-state index contributed by atoms with van der Waals surface area (Å²) in [7, 11) is 0. The maximum atomic E-state index is 6.23. The molecule has 2 nitrogen and oxygen atoms in total. The summed E-state index contributed by atoms with van der Waals surface area (Å²) in [6.07, 6.45) is 2.76. The minimum absolute atomic E-state index is 0.495. The first-order valence-corrected chi connectivity index (χ1v) is 8.13. The molecule has 1 aliphatic carbocycles. The van der Waals surface area contributed by atoms with Crippen LogP contribution in [-0.4, -0.2) is 18.6 Å². The maximum Gasteiger partial charge on any atom is 0.0429 e. The summed E-state index contributed by atoms with van der Waals surface area (Å²) in [5.74, 6) is 0.877. The van der Waals surface area contributed by atoms with Crippen molar-refractivity contribution in [3.05, 3.63) is 28.8 Å². The summed E-state index contributed by atoms with van der Waals surface area (Å²) in [6.45, 7) is 11.0. The summed E-state index contributed by atoms with van der Waals surface area (Å²) in [5.41, 5.74) is 2.64. The van der Waals surface area contributed by atoms with Crippen molar-refractivity contribution in [3.63, 3.8) is 0 Å². The molecule has 0 atom stereocenters. The average molecular weight is 295 g/mol. The number of rotatable bonds is 7. The SMILES string of the molecule is CC(C)NCc1ccc(Cl)cc1N(CC1CC1)C(C)C. The Bertz CT molecular complexity index is 439. The largest absolute Gasteiger partial charge is 0.369 e. The third-order valence-corrected chi connectivity index (χ3v) is 4.07. The van der Waals surface area contributed by atoms with Gasteiger partial charge in [-0.25, -0.2) is 0 Å². The Kier molecular flexibility index (Phi) is 5.34. The van der Waals surface area contributed by atoms with Gasteiger partial charge in [0.2, 0.25) is 0 Å². The fourth-order valence-corrected chi connectivity index (χ4v) is 2.60. The highest BCUT2D eigenvalue weighted by molar-refractivity contribution is 6.30. The van der Waals surface area contributed by atoms with E-state index in [1.165, 1.54) is 24.1 Å². The van der Waals surface area contributed by atoms with Gasteiger partial charge in [0, 0.05) is 35.9 Å². The van der Waals surface area contributed by atoms with Crippen molar-refractivity contribution < 1.29 is 0 Å². The van der Waals surface area contributed by atoms with Crippen LogP contribution >= 0.6 is 11.6 Å². The standard InChI is InChI=1S/C17H27ClN2/c1-12(2)19-10-15-7-8-16(18)9-17(15)20(13(3)4)11-14-5-6-14/h7-9,12-14,19H,5-6,10-11H2,1-4H3. The highest BCUT2D eigenvalue weighted by Crippen LogP contribution is 2.34. The fourth-order valence-electron chi connectivity index (χ4n) is 2.43. The second-order valence-corrected chi connectivity index (χ2v) is 6.93. The number of anilines is 1. The molecule has 20 heavy (non-hydrogen) atoms. The van der Waals surface area contributed by atoms with Crippen molar-refractivity contribution in [2.45, 2.75) is 59.2 Å². The lowest BCUT2D eigenvalue weighted by molar-refractivity contribution is 0.583. The van der Waals surface area contributed by atoms with Crippen LogP contribution in [0.5, 0.6) is 0 Å². The first-order chi connectivity index (χ1) is 9.47. The zero-order chi connectivity index (χ0) is 14.7. The predicted octanol–water partition coefficient (Wildman–Crippen LogP) is 4.46. The molecule has 0 saturated heterocycles. The minimum Gasteiger partial charge on any atom is -0.369 e. The van der Waals surface area contributed by atoms with Gasteiger partial charge in [-0.3, -0.25) is 0 Å². The molecule has 0 unspecified atom stereocenters. The van der Waals surface area contributed by atoms with Crippen LogP contribution in [0.4, 0.5) is 5.69 Å². The second kappa shape index (κ2) is 6.82. The zero-order valence-electron chi connectivity index (χ0n) is 13.1. The van der Waals surface area contributed by atoms with Crippen LogP contribution in [0.15, 0.2) is 18.2 Å². The number of nitrogens with zero attached hydrogens (tertiary/aromatic N) is 1. The Morgan fingerprint density at radius 3 is 2.50 bits per heavy atom. The lowest BCUT2D eigenvalue weighted by atomic mass is 10.1. The van der Waals surface area contributed by atoms with Crippen molar-refractivity contribution in [3.8, 4) is 0 Å². The Morgan fingerprint density at radius 2 is 1.95 bits per heavy atom. The average Bonchev–Trinajstić information content (AvgIpc) is 3.18. The van der Waals surface area contributed by atoms with Gasteiger partial charge in [0.1, 0.15) is 0 Å². The van der Waals surface area contributed by atoms with Crippen molar-refractivity contribution >= 4 is 17.3 Å². The summed E-state index contributed by atoms with van der Waals surface area (Å²) in [6, 6.07) is 7.29. The molecule has 0 heterocycles. The molecule has 112 valence electrons. The molecule has 1 aromatic rings. The number of nitrogens with one attached hydrogen (secondary N) is 1. The first-order valence-electron chi connectivity index (χ1n) is 7.75. The van der Waals surface area contributed by atoms with E-state index in [1.54, 1.807) is 0 Å². The van der Waals surface area contributed by atoms with E-state index in [1.807, 2.05) is 6.07 Å². The molecule has 3 heteroatoms. The molecule has 1 N–H and O–H groups in total. The summed E-state index contributed by atoms with van der Waals surface area (Å²) in [4.78, 5) is 2.51. The van der Waals surface area contributed by atoms with E-state index in [9.17, 15) is 0 Å². The lowest BCUT2D eigenvalue weighted by Gasteiger charge is -2.31. The molecule has 2 rings (SSSR count). The monoisotopic (exact) mass is 294 g/mol. The molecule has 0 bridgehead atoms. The van der Waals surface area contributed by atoms with E-state index in [0.29, 0.717) is 12.1 Å². The summed E-state index contributed by atoms with van der Waals surface area (Å²) < 4.78 is 0. The number of hydrogen-bond acceptors (Lipinski definition) is 2. The Hall–Kier alpha value is -0.730. The number of hydrogen-bond donors (Lipinski definition) is 1. The van der Waals surface area contributed by atoms with Crippen molar-refractivity contribution in [1.82, 2.24) is 5.32 Å². The van der Waals surface area contributed by atoms with Crippen molar-refractivity contribution in [2.75, 3.05) is 11.4 Å². The van der Waals surface area contributed by atoms with Crippen LogP contribution in [0, 0.1) is 5.92 Å². The normalized spacial score (nSPS) is 15.2. The van der Waals surface area contributed by atoms with E-state index in [2.05, 4.69) is 50.0 Å². The molecule has 1 aliphatic rings. The third-order valence-electron chi connectivity index (χ3n) is 3.83. The highest BCUT2D eigenvalue weighted by atomic mass is 35.5. The first kappa shape index (κ1) is 15.7. The van der Waals surface area contributed by atoms with Gasteiger partial charge in [0.25, 0.3) is 0 Å². The Balaban J connectivity index is 2.22. The van der Waals surface area contributed by atoms with Crippen LogP contribution in [0.25, 0.3) is 0 Å². The van der Waals surface area contributed by atoms with E-state index in [4.69, 9.17) is 11.6 Å². The summed E-state index contributed by atoms with van der Waals surface area (Å²) >= 11 is 6.23.